The predicted molar refractivity (Wildman–Crippen MR) is 103 cm³/mol. The van der Waals surface area contributed by atoms with Crippen LogP contribution in [0.25, 0.3) is 11.0 Å². The van der Waals surface area contributed by atoms with Crippen LogP contribution in [0.1, 0.15) is 33.3 Å². The zero-order valence-corrected chi connectivity index (χ0v) is 15.9. The molecule has 0 unspecified atom stereocenters. The van der Waals surface area contributed by atoms with E-state index in [1.54, 1.807) is 24.3 Å². The summed E-state index contributed by atoms with van der Waals surface area (Å²) >= 11 is 0. The van der Waals surface area contributed by atoms with Crippen LogP contribution in [0.15, 0.2) is 39.5 Å². The number of rotatable bonds is 4. The highest BCUT2D eigenvalue weighted by atomic mass is 16.5. The lowest BCUT2D eigenvalue weighted by atomic mass is 9.98. The molecule has 0 fully saturated rings. The Morgan fingerprint density at radius 2 is 1.64 bits per heavy atom. The molecule has 1 aliphatic rings. The minimum Gasteiger partial charge on any atom is -0.493 e. The molecule has 1 aromatic heterocycles. The minimum atomic E-state index is -0.683. The lowest BCUT2D eigenvalue weighted by molar-refractivity contribution is 0.0937. The second-order valence-corrected chi connectivity index (χ2v) is 6.54. The number of benzene rings is 2. The third kappa shape index (κ3) is 2.58. The van der Waals surface area contributed by atoms with Crippen LogP contribution in [0.5, 0.6) is 17.2 Å². The largest absolute Gasteiger partial charge is 0.493 e. The fourth-order valence-corrected chi connectivity index (χ4v) is 3.54. The van der Waals surface area contributed by atoms with Crippen LogP contribution in [0.2, 0.25) is 0 Å². The van der Waals surface area contributed by atoms with Gasteiger partial charge in [-0.3, -0.25) is 9.59 Å². The average Bonchev–Trinajstić information content (AvgIpc) is 3.04. The van der Waals surface area contributed by atoms with E-state index in [1.165, 1.54) is 21.3 Å². The SMILES string of the molecule is COc1cc([C@@H]2NC(=O)c3oc4ccc(C)cc4c(=O)c32)cc(OC)c1OC. The standard InChI is InChI=1S/C21H19NO6/c1-10-5-6-13-12(7-10)18(23)16-17(22-21(24)20(16)28-13)11-8-14(25-2)19(27-4)15(9-11)26-3/h5-9,17H,1-4H3,(H,22,24)/t17-/m0/s1. The maximum Gasteiger partial charge on any atom is 0.288 e. The van der Waals surface area contributed by atoms with E-state index < -0.39 is 11.9 Å². The second-order valence-electron chi connectivity index (χ2n) is 6.54. The molecule has 1 amide bonds. The molecule has 2 heterocycles. The first-order valence-corrected chi connectivity index (χ1v) is 8.66. The molecule has 2 aromatic carbocycles. The number of nitrogens with one attached hydrogen (secondary N) is 1. The second kappa shape index (κ2) is 6.60. The van der Waals surface area contributed by atoms with Crippen molar-refractivity contribution >= 4 is 16.9 Å². The number of fused-ring (bicyclic) bond motifs is 2. The van der Waals surface area contributed by atoms with Crippen LogP contribution in [-0.4, -0.2) is 27.2 Å². The topological polar surface area (TPSA) is 87.0 Å². The van der Waals surface area contributed by atoms with E-state index >= 15 is 0 Å². The van der Waals surface area contributed by atoms with Crippen LogP contribution in [0.3, 0.4) is 0 Å². The number of carbonyl (C=O) groups excluding carboxylic acids is 1. The molecular formula is C21H19NO6. The maximum absolute atomic E-state index is 13.2. The van der Waals surface area contributed by atoms with E-state index in [2.05, 4.69) is 5.32 Å². The Balaban J connectivity index is 1.96. The fourth-order valence-electron chi connectivity index (χ4n) is 3.54. The maximum atomic E-state index is 13.2. The Hall–Kier alpha value is -3.48. The van der Waals surface area contributed by atoms with Crippen molar-refractivity contribution in [1.29, 1.82) is 0 Å². The lowest BCUT2D eigenvalue weighted by Gasteiger charge is -2.17. The molecular weight excluding hydrogens is 362 g/mol. The van der Waals surface area contributed by atoms with Gasteiger partial charge < -0.3 is 23.9 Å². The summed E-state index contributed by atoms with van der Waals surface area (Å²) < 4.78 is 21.9. The molecule has 0 bridgehead atoms. The average molecular weight is 381 g/mol. The third-order valence-corrected chi connectivity index (χ3v) is 4.87. The van der Waals surface area contributed by atoms with Crippen molar-refractivity contribution in [1.82, 2.24) is 5.32 Å². The summed E-state index contributed by atoms with van der Waals surface area (Å²) in [7, 11) is 4.52. The Morgan fingerprint density at radius 1 is 0.964 bits per heavy atom. The Morgan fingerprint density at radius 3 is 2.25 bits per heavy atom. The van der Waals surface area contributed by atoms with Gasteiger partial charge in [0.2, 0.25) is 11.5 Å². The third-order valence-electron chi connectivity index (χ3n) is 4.87. The molecule has 0 saturated carbocycles. The van der Waals surface area contributed by atoms with Gasteiger partial charge in [0.05, 0.1) is 38.3 Å². The van der Waals surface area contributed by atoms with Gasteiger partial charge >= 0.3 is 0 Å². The van der Waals surface area contributed by atoms with Crippen LogP contribution in [-0.2, 0) is 0 Å². The molecule has 144 valence electrons. The predicted octanol–water partition coefficient (Wildman–Crippen LogP) is 2.96. The summed E-state index contributed by atoms with van der Waals surface area (Å²) in [6.45, 7) is 1.90. The molecule has 0 aliphatic carbocycles. The van der Waals surface area contributed by atoms with Gasteiger partial charge in [-0.15, -0.1) is 0 Å². The lowest BCUT2D eigenvalue weighted by Crippen LogP contribution is -2.22. The van der Waals surface area contributed by atoms with Crippen LogP contribution in [0.4, 0.5) is 0 Å². The summed E-state index contributed by atoms with van der Waals surface area (Å²) in [5.74, 6) is 0.883. The van der Waals surface area contributed by atoms with E-state index in [1.807, 2.05) is 13.0 Å². The minimum absolute atomic E-state index is 0.0279. The molecule has 7 nitrogen and oxygen atoms in total. The van der Waals surface area contributed by atoms with E-state index in [9.17, 15) is 9.59 Å². The van der Waals surface area contributed by atoms with Crippen LogP contribution >= 0.6 is 0 Å². The Labute approximate surface area is 160 Å². The molecule has 1 aliphatic heterocycles. The number of amides is 1. The molecule has 0 spiro atoms. The first-order chi connectivity index (χ1) is 13.5. The highest BCUT2D eigenvalue weighted by Gasteiger charge is 2.36. The van der Waals surface area contributed by atoms with Gasteiger partial charge in [0.15, 0.2) is 16.9 Å². The first-order valence-electron chi connectivity index (χ1n) is 8.66. The van der Waals surface area contributed by atoms with E-state index in [0.717, 1.165) is 5.56 Å². The van der Waals surface area contributed by atoms with E-state index in [0.29, 0.717) is 33.8 Å². The zero-order chi connectivity index (χ0) is 20.0. The summed E-state index contributed by atoms with van der Waals surface area (Å²) in [4.78, 5) is 25.7. The summed E-state index contributed by atoms with van der Waals surface area (Å²) in [6, 6.07) is 8.03. The van der Waals surface area contributed by atoms with Gasteiger partial charge in [0.25, 0.3) is 5.91 Å². The number of ether oxygens (including phenoxy) is 3. The highest BCUT2D eigenvalue weighted by molar-refractivity contribution is 5.99. The van der Waals surface area contributed by atoms with Crippen molar-refractivity contribution in [2.45, 2.75) is 13.0 Å². The van der Waals surface area contributed by atoms with E-state index in [4.69, 9.17) is 18.6 Å². The fraction of sp³-hybridized carbons (Fsp3) is 0.238. The highest BCUT2D eigenvalue weighted by Crippen LogP contribution is 2.42. The van der Waals surface area contributed by atoms with Crippen molar-refractivity contribution in [2.24, 2.45) is 0 Å². The number of carbonyl (C=O) groups is 1. The van der Waals surface area contributed by atoms with Gasteiger partial charge in [-0.1, -0.05) is 11.6 Å². The van der Waals surface area contributed by atoms with Crippen LogP contribution < -0.4 is 25.0 Å². The van der Waals surface area contributed by atoms with Crippen molar-refractivity contribution < 1.29 is 23.4 Å². The monoisotopic (exact) mass is 381 g/mol. The summed E-state index contributed by atoms with van der Waals surface area (Å²) in [5.41, 5.74) is 1.98. The molecule has 28 heavy (non-hydrogen) atoms. The Kier molecular flexibility index (Phi) is 4.22. The molecule has 0 saturated heterocycles. The molecule has 1 N–H and O–H groups in total. The van der Waals surface area contributed by atoms with Crippen molar-refractivity contribution in [3.8, 4) is 17.2 Å². The summed E-state index contributed by atoms with van der Waals surface area (Å²) in [5, 5.41) is 3.26. The van der Waals surface area contributed by atoms with Gasteiger partial charge in [-0.25, -0.2) is 0 Å². The number of aryl methyl sites for hydroxylation is 1. The number of hydrogen-bond donors (Lipinski definition) is 1. The molecule has 4 rings (SSSR count). The molecule has 3 aromatic rings. The van der Waals surface area contributed by atoms with Crippen molar-refractivity contribution in [2.75, 3.05) is 21.3 Å². The molecule has 7 heteroatoms. The van der Waals surface area contributed by atoms with E-state index in [-0.39, 0.29) is 16.8 Å². The van der Waals surface area contributed by atoms with Gasteiger partial charge in [0, 0.05) is 0 Å². The van der Waals surface area contributed by atoms with Gasteiger partial charge in [0.1, 0.15) is 5.58 Å². The van der Waals surface area contributed by atoms with Gasteiger partial charge in [-0.2, -0.15) is 0 Å². The Bertz CT molecular complexity index is 1140. The van der Waals surface area contributed by atoms with Crippen LogP contribution in [0, 0.1) is 6.92 Å². The first kappa shape index (κ1) is 17.9. The van der Waals surface area contributed by atoms with Gasteiger partial charge in [-0.05, 0) is 36.8 Å². The van der Waals surface area contributed by atoms with Crippen molar-refractivity contribution in [3.05, 3.63) is 63.0 Å². The number of methoxy groups -OCH3 is 3. The number of hydrogen-bond acceptors (Lipinski definition) is 6. The quantitative estimate of drug-likeness (QED) is 0.748. The molecule has 0 radical (unpaired) electrons. The molecule has 1 atom stereocenters. The normalized spacial score (nSPS) is 15.3. The zero-order valence-electron chi connectivity index (χ0n) is 15.9. The smallest absolute Gasteiger partial charge is 0.288 e. The van der Waals surface area contributed by atoms with Crippen molar-refractivity contribution in [3.63, 3.8) is 0 Å². The summed E-state index contributed by atoms with van der Waals surface area (Å²) in [6.07, 6.45) is 0.